The van der Waals surface area contributed by atoms with Crippen LogP contribution in [-0.4, -0.2) is 18.6 Å². The van der Waals surface area contributed by atoms with E-state index in [0.717, 1.165) is 26.1 Å². The van der Waals surface area contributed by atoms with Crippen molar-refractivity contribution >= 4 is 11.6 Å². The third-order valence-corrected chi connectivity index (χ3v) is 1.56. The molecule has 0 aliphatic carbocycles. The molecule has 0 aliphatic heterocycles. The van der Waals surface area contributed by atoms with Crippen molar-refractivity contribution in [2.24, 2.45) is 0 Å². The van der Waals surface area contributed by atoms with Crippen LogP contribution in [0.15, 0.2) is 0 Å². The van der Waals surface area contributed by atoms with E-state index in [0.29, 0.717) is 5.38 Å². The summed E-state index contributed by atoms with van der Waals surface area (Å²) in [5, 5.41) is 0.321. The monoisotopic (exact) mass is 164 g/mol. The van der Waals surface area contributed by atoms with Gasteiger partial charge in [-0.25, -0.2) is 0 Å². The molecule has 0 aromatic rings. The molecule has 0 aliphatic rings. The molecule has 0 spiro atoms. The fourth-order valence-electron chi connectivity index (χ4n) is 0.774. The second-order valence-electron chi connectivity index (χ2n) is 2.47. The predicted molar refractivity (Wildman–Crippen MR) is 45.7 cm³/mol. The Balaban J connectivity index is 2.77. The van der Waals surface area contributed by atoms with Crippen LogP contribution in [0, 0.1) is 0 Å². The normalized spacial score (nSPS) is 13.5. The predicted octanol–water partition coefficient (Wildman–Crippen LogP) is 2.82. The molecule has 0 aromatic heterocycles. The number of ether oxygens (including phenoxy) is 1. The van der Waals surface area contributed by atoms with Gasteiger partial charge in [-0.1, -0.05) is 0 Å². The van der Waals surface area contributed by atoms with Crippen LogP contribution in [0.1, 0.15) is 33.1 Å². The quantitative estimate of drug-likeness (QED) is 0.434. The molecular formula is C8H17ClO. The Kier molecular flexibility index (Phi) is 7.54. The number of hydrogen-bond acceptors (Lipinski definition) is 1. The lowest BCUT2D eigenvalue weighted by Crippen LogP contribution is -1.96. The van der Waals surface area contributed by atoms with Crippen LogP contribution in [0.5, 0.6) is 0 Å². The summed E-state index contributed by atoms with van der Waals surface area (Å²) in [6, 6.07) is 0. The van der Waals surface area contributed by atoms with E-state index >= 15 is 0 Å². The topological polar surface area (TPSA) is 9.23 Å². The van der Waals surface area contributed by atoms with Crippen molar-refractivity contribution in [1.29, 1.82) is 0 Å². The van der Waals surface area contributed by atoms with Gasteiger partial charge in [0.05, 0.1) is 0 Å². The molecule has 0 aromatic carbocycles. The number of alkyl halides is 1. The summed E-state index contributed by atoms with van der Waals surface area (Å²) < 4.78 is 5.17. The molecule has 0 bridgehead atoms. The van der Waals surface area contributed by atoms with Gasteiger partial charge in [0.2, 0.25) is 0 Å². The van der Waals surface area contributed by atoms with E-state index in [-0.39, 0.29) is 0 Å². The average molecular weight is 165 g/mol. The van der Waals surface area contributed by atoms with E-state index < -0.39 is 0 Å². The molecule has 1 nitrogen and oxygen atoms in total. The number of halogens is 1. The SMILES string of the molecule is CCOCCCCC(C)Cl. The lowest BCUT2D eigenvalue weighted by atomic mass is 10.2. The first kappa shape index (κ1) is 10.2. The molecule has 0 rings (SSSR count). The largest absolute Gasteiger partial charge is 0.382 e. The van der Waals surface area contributed by atoms with Gasteiger partial charge < -0.3 is 4.74 Å². The fraction of sp³-hybridized carbons (Fsp3) is 1.00. The van der Waals surface area contributed by atoms with Gasteiger partial charge in [0.1, 0.15) is 0 Å². The molecule has 0 amide bonds. The lowest BCUT2D eigenvalue weighted by Gasteiger charge is -2.02. The van der Waals surface area contributed by atoms with Crippen LogP contribution in [-0.2, 0) is 4.74 Å². The standard InChI is InChI=1S/C8H17ClO/c1-3-10-7-5-4-6-8(2)9/h8H,3-7H2,1-2H3. The Bertz CT molecular complexity index is 64.3. The highest BCUT2D eigenvalue weighted by molar-refractivity contribution is 6.20. The van der Waals surface area contributed by atoms with Gasteiger partial charge in [-0.15, -0.1) is 11.6 Å². The zero-order valence-electron chi connectivity index (χ0n) is 6.90. The third kappa shape index (κ3) is 8.25. The average Bonchev–Trinajstić information content (AvgIpc) is 1.87. The summed E-state index contributed by atoms with van der Waals surface area (Å²) in [5.74, 6) is 0. The molecule has 1 unspecified atom stereocenters. The van der Waals surface area contributed by atoms with Gasteiger partial charge in [0, 0.05) is 18.6 Å². The van der Waals surface area contributed by atoms with Crippen molar-refractivity contribution in [3.8, 4) is 0 Å². The summed E-state index contributed by atoms with van der Waals surface area (Å²) in [5.41, 5.74) is 0. The van der Waals surface area contributed by atoms with Crippen LogP contribution < -0.4 is 0 Å². The van der Waals surface area contributed by atoms with Crippen molar-refractivity contribution < 1.29 is 4.74 Å². The van der Waals surface area contributed by atoms with Gasteiger partial charge in [0.15, 0.2) is 0 Å². The molecule has 0 N–H and O–H groups in total. The fourth-order valence-corrected chi connectivity index (χ4v) is 0.928. The smallest absolute Gasteiger partial charge is 0.0465 e. The molecule has 0 radical (unpaired) electrons. The van der Waals surface area contributed by atoms with Crippen LogP contribution in [0.2, 0.25) is 0 Å². The Hall–Kier alpha value is 0.250. The number of unbranched alkanes of at least 4 members (excludes halogenated alkanes) is 1. The van der Waals surface area contributed by atoms with E-state index in [2.05, 4.69) is 0 Å². The van der Waals surface area contributed by atoms with Crippen molar-refractivity contribution in [3.05, 3.63) is 0 Å². The van der Waals surface area contributed by atoms with E-state index in [4.69, 9.17) is 16.3 Å². The minimum Gasteiger partial charge on any atom is -0.382 e. The first-order chi connectivity index (χ1) is 4.77. The minimum atomic E-state index is 0.321. The maximum absolute atomic E-state index is 5.75. The Morgan fingerprint density at radius 2 is 2.10 bits per heavy atom. The summed E-state index contributed by atoms with van der Waals surface area (Å²) in [6.07, 6.45) is 3.43. The molecule has 2 heteroatoms. The van der Waals surface area contributed by atoms with Crippen LogP contribution in [0.4, 0.5) is 0 Å². The van der Waals surface area contributed by atoms with Crippen molar-refractivity contribution in [2.75, 3.05) is 13.2 Å². The van der Waals surface area contributed by atoms with E-state index in [1.165, 1.54) is 6.42 Å². The maximum Gasteiger partial charge on any atom is 0.0465 e. The summed E-state index contributed by atoms with van der Waals surface area (Å²) in [7, 11) is 0. The van der Waals surface area contributed by atoms with Crippen LogP contribution in [0.3, 0.4) is 0 Å². The second kappa shape index (κ2) is 7.36. The Labute approximate surface area is 68.7 Å². The van der Waals surface area contributed by atoms with Gasteiger partial charge in [-0.3, -0.25) is 0 Å². The van der Waals surface area contributed by atoms with E-state index in [1.54, 1.807) is 0 Å². The van der Waals surface area contributed by atoms with E-state index in [9.17, 15) is 0 Å². The zero-order chi connectivity index (χ0) is 7.82. The highest BCUT2D eigenvalue weighted by Crippen LogP contribution is 2.05. The van der Waals surface area contributed by atoms with Crippen molar-refractivity contribution in [2.45, 2.75) is 38.5 Å². The zero-order valence-corrected chi connectivity index (χ0v) is 7.66. The van der Waals surface area contributed by atoms with Gasteiger partial charge >= 0.3 is 0 Å². The molecule has 1 atom stereocenters. The van der Waals surface area contributed by atoms with E-state index in [1.807, 2.05) is 13.8 Å². The first-order valence-corrected chi connectivity index (χ1v) is 4.42. The van der Waals surface area contributed by atoms with Crippen molar-refractivity contribution in [3.63, 3.8) is 0 Å². The molecular weight excluding hydrogens is 148 g/mol. The molecule has 0 fully saturated rings. The molecule has 0 saturated heterocycles. The maximum atomic E-state index is 5.75. The minimum absolute atomic E-state index is 0.321. The molecule has 0 heterocycles. The summed E-state index contributed by atoms with van der Waals surface area (Å²) in [4.78, 5) is 0. The third-order valence-electron chi connectivity index (χ3n) is 1.34. The number of hydrogen-bond donors (Lipinski definition) is 0. The molecule has 0 saturated carbocycles. The summed E-state index contributed by atoms with van der Waals surface area (Å²) >= 11 is 5.75. The summed E-state index contributed by atoms with van der Waals surface area (Å²) in [6.45, 7) is 5.77. The number of rotatable bonds is 6. The Morgan fingerprint density at radius 3 is 2.60 bits per heavy atom. The Morgan fingerprint density at radius 1 is 1.40 bits per heavy atom. The second-order valence-corrected chi connectivity index (χ2v) is 3.22. The van der Waals surface area contributed by atoms with Crippen LogP contribution >= 0.6 is 11.6 Å². The van der Waals surface area contributed by atoms with Crippen molar-refractivity contribution in [1.82, 2.24) is 0 Å². The molecule has 62 valence electrons. The highest BCUT2D eigenvalue weighted by atomic mass is 35.5. The molecule has 10 heavy (non-hydrogen) atoms. The van der Waals surface area contributed by atoms with Crippen LogP contribution in [0.25, 0.3) is 0 Å². The van der Waals surface area contributed by atoms with Gasteiger partial charge in [-0.2, -0.15) is 0 Å². The van der Waals surface area contributed by atoms with Gasteiger partial charge in [-0.05, 0) is 33.1 Å². The lowest BCUT2D eigenvalue weighted by molar-refractivity contribution is 0.143. The van der Waals surface area contributed by atoms with Gasteiger partial charge in [0.25, 0.3) is 0 Å². The first-order valence-electron chi connectivity index (χ1n) is 3.99. The highest BCUT2D eigenvalue weighted by Gasteiger charge is 1.94.